The SMILES string of the molecule is CO[C@@H]1CCN(C(=O)c2cccc(S(=O)(=O)NCCN3CCCC3)c2)C1. The average Bonchev–Trinajstić information content (AvgIpc) is 3.33. The topological polar surface area (TPSA) is 78.9 Å². The number of nitrogens with one attached hydrogen (secondary N) is 1. The van der Waals surface area contributed by atoms with Crippen LogP contribution in [0.25, 0.3) is 0 Å². The lowest BCUT2D eigenvalue weighted by Crippen LogP contribution is -2.34. The highest BCUT2D eigenvalue weighted by Crippen LogP contribution is 2.18. The van der Waals surface area contributed by atoms with Crippen molar-refractivity contribution in [3.8, 4) is 0 Å². The summed E-state index contributed by atoms with van der Waals surface area (Å²) in [5, 5.41) is 0. The van der Waals surface area contributed by atoms with Gasteiger partial charge in [0.1, 0.15) is 0 Å². The molecule has 1 aromatic rings. The number of rotatable bonds is 7. The fourth-order valence-electron chi connectivity index (χ4n) is 3.51. The van der Waals surface area contributed by atoms with Crippen molar-refractivity contribution in [3.05, 3.63) is 29.8 Å². The molecule has 144 valence electrons. The number of benzene rings is 1. The summed E-state index contributed by atoms with van der Waals surface area (Å²) in [4.78, 5) is 16.7. The van der Waals surface area contributed by atoms with E-state index in [-0.39, 0.29) is 16.9 Å². The van der Waals surface area contributed by atoms with Gasteiger partial charge in [-0.25, -0.2) is 13.1 Å². The van der Waals surface area contributed by atoms with E-state index in [9.17, 15) is 13.2 Å². The van der Waals surface area contributed by atoms with Crippen LogP contribution in [-0.4, -0.2) is 76.6 Å². The minimum atomic E-state index is -3.62. The second kappa shape index (κ2) is 8.47. The standard InChI is InChI=1S/C18H27N3O4S/c1-25-16-7-11-21(14-16)18(22)15-5-4-6-17(13-15)26(23,24)19-8-12-20-9-2-3-10-20/h4-6,13,16,19H,2-3,7-12,14H2,1H3/t16-/m1/s1. The van der Waals surface area contributed by atoms with Crippen molar-refractivity contribution in [2.75, 3.05) is 46.4 Å². The third kappa shape index (κ3) is 4.62. The summed E-state index contributed by atoms with van der Waals surface area (Å²) in [5.41, 5.74) is 0.393. The Balaban J connectivity index is 1.62. The molecule has 8 heteroatoms. The van der Waals surface area contributed by atoms with Crippen molar-refractivity contribution in [2.24, 2.45) is 0 Å². The van der Waals surface area contributed by atoms with Crippen molar-refractivity contribution < 1.29 is 17.9 Å². The molecule has 1 N–H and O–H groups in total. The fraction of sp³-hybridized carbons (Fsp3) is 0.611. The molecule has 2 fully saturated rings. The maximum atomic E-state index is 12.6. The van der Waals surface area contributed by atoms with Crippen LogP contribution in [0.2, 0.25) is 0 Å². The molecule has 7 nitrogen and oxygen atoms in total. The fourth-order valence-corrected chi connectivity index (χ4v) is 4.58. The van der Waals surface area contributed by atoms with E-state index in [1.807, 2.05) is 0 Å². The van der Waals surface area contributed by atoms with Gasteiger partial charge in [-0.3, -0.25) is 4.79 Å². The van der Waals surface area contributed by atoms with E-state index in [2.05, 4.69) is 9.62 Å². The Bertz CT molecular complexity index is 732. The molecule has 1 atom stereocenters. The van der Waals surface area contributed by atoms with Gasteiger partial charge in [-0.1, -0.05) is 6.07 Å². The van der Waals surface area contributed by atoms with E-state index in [1.165, 1.54) is 25.0 Å². The van der Waals surface area contributed by atoms with Gasteiger partial charge in [0.25, 0.3) is 5.91 Å². The van der Waals surface area contributed by atoms with Crippen LogP contribution >= 0.6 is 0 Å². The number of amides is 1. The highest BCUT2D eigenvalue weighted by atomic mass is 32.2. The largest absolute Gasteiger partial charge is 0.380 e. The van der Waals surface area contributed by atoms with E-state index < -0.39 is 10.0 Å². The minimum Gasteiger partial charge on any atom is -0.380 e. The average molecular weight is 381 g/mol. The molecule has 2 aliphatic heterocycles. The molecule has 2 saturated heterocycles. The molecule has 0 radical (unpaired) electrons. The van der Waals surface area contributed by atoms with Crippen LogP contribution in [-0.2, 0) is 14.8 Å². The van der Waals surface area contributed by atoms with Crippen molar-refractivity contribution in [2.45, 2.75) is 30.3 Å². The molecule has 0 aliphatic carbocycles. The molecule has 0 aromatic heterocycles. The van der Waals surface area contributed by atoms with Crippen molar-refractivity contribution >= 4 is 15.9 Å². The molecule has 2 aliphatic rings. The molecule has 0 spiro atoms. The predicted octanol–water partition coefficient (Wildman–Crippen LogP) is 0.922. The minimum absolute atomic E-state index is 0.0538. The smallest absolute Gasteiger partial charge is 0.253 e. The number of sulfonamides is 1. The predicted molar refractivity (Wildman–Crippen MR) is 98.6 cm³/mol. The molecule has 26 heavy (non-hydrogen) atoms. The summed E-state index contributed by atoms with van der Waals surface area (Å²) in [6.45, 7) is 4.32. The first-order valence-electron chi connectivity index (χ1n) is 9.14. The summed E-state index contributed by atoms with van der Waals surface area (Å²) in [6.07, 6.45) is 3.21. The molecule has 0 saturated carbocycles. The molecular weight excluding hydrogens is 354 g/mol. The number of methoxy groups -OCH3 is 1. The number of hydrogen-bond donors (Lipinski definition) is 1. The van der Waals surface area contributed by atoms with Crippen LogP contribution in [0, 0.1) is 0 Å². The van der Waals surface area contributed by atoms with Crippen molar-refractivity contribution in [3.63, 3.8) is 0 Å². The first-order chi connectivity index (χ1) is 12.5. The Hall–Kier alpha value is -1.48. The molecule has 3 rings (SSSR count). The van der Waals surface area contributed by atoms with Crippen LogP contribution in [0.5, 0.6) is 0 Å². The molecule has 0 bridgehead atoms. The molecular formula is C18H27N3O4S. The van der Waals surface area contributed by atoms with Crippen molar-refractivity contribution in [1.29, 1.82) is 0 Å². The van der Waals surface area contributed by atoms with E-state index >= 15 is 0 Å². The molecule has 1 amide bonds. The quantitative estimate of drug-likeness (QED) is 0.760. The zero-order valence-electron chi connectivity index (χ0n) is 15.2. The number of carbonyl (C=O) groups is 1. The Morgan fingerprint density at radius 1 is 1.27 bits per heavy atom. The molecule has 1 aromatic carbocycles. The summed E-state index contributed by atoms with van der Waals surface area (Å²) in [6, 6.07) is 6.26. The highest BCUT2D eigenvalue weighted by Gasteiger charge is 2.27. The Morgan fingerprint density at radius 3 is 2.73 bits per heavy atom. The highest BCUT2D eigenvalue weighted by molar-refractivity contribution is 7.89. The third-order valence-corrected chi connectivity index (χ3v) is 6.53. The first-order valence-corrected chi connectivity index (χ1v) is 10.6. The summed E-state index contributed by atoms with van der Waals surface area (Å²) < 4.78 is 33.0. The lowest BCUT2D eigenvalue weighted by atomic mass is 10.2. The third-order valence-electron chi connectivity index (χ3n) is 5.08. The van der Waals surface area contributed by atoms with Gasteiger partial charge in [-0.15, -0.1) is 0 Å². The van der Waals surface area contributed by atoms with E-state index in [0.29, 0.717) is 31.7 Å². The van der Waals surface area contributed by atoms with Gasteiger partial charge < -0.3 is 14.5 Å². The maximum absolute atomic E-state index is 12.6. The lowest BCUT2D eigenvalue weighted by molar-refractivity contribution is 0.0724. The van der Waals surface area contributed by atoms with Crippen LogP contribution in [0.15, 0.2) is 29.2 Å². The van der Waals surface area contributed by atoms with Crippen LogP contribution < -0.4 is 4.72 Å². The van der Waals surface area contributed by atoms with Gasteiger partial charge in [0, 0.05) is 38.9 Å². The number of hydrogen-bond acceptors (Lipinski definition) is 5. The molecule has 0 unspecified atom stereocenters. The van der Waals surface area contributed by atoms with Gasteiger partial charge in [0.05, 0.1) is 11.0 Å². The zero-order chi connectivity index (χ0) is 18.6. The summed E-state index contributed by atoms with van der Waals surface area (Å²) >= 11 is 0. The number of ether oxygens (including phenoxy) is 1. The van der Waals surface area contributed by atoms with Crippen LogP contribution in [0.3, 0.4) is 0 Å². The summed E-state index contributed by atoms with van der Waals surface area (Å²) in [5.74, 6) is -0.154. The summed E-state index contributed by atoms with van der Waals surface area (Å²) in [7, 11) is -1.98. The second-order valence-corrected chi connectivity index (χ2v) is 8.64. The van der Waals surface area contributed by atoms with Crippen LogP contribution in [0.1, 0.15) is 29.6 Å². The van der Waals surface area contributed by atoms with E-state index in [4.69, 9.17) is 4.74 Å². The zero-order valence-corrected chi connectivity index (χ0v) is 16.0. The maximum Gasteiger partial charge on any atom is 0.253 e. The van der Waals surface area contributed by atoms with Gasteiger partial charge in [-0.05, 0) is 50.6 Å². The van der Waals surface area contributed by atoms with Gasteiger partial charge in [0.2, 0.25) is 10.0 Å². The van der Waals surface area contributed by atoms with Gasteiger partial charge >= 0.3 is 0 Å². The van der Waals surface area contributed by atoms with Gasteiger partial charge in [0.15, 0.2) is 0 Å². The number of nitrogens with zero attached hydrogens (tertiary/aromatic N) is 2. The lowest BCUT2D eigenvalue weighted by Gasteiger charge is -2.17. The normalized spacial score (nSPS) is 21.4. The monoisotopic (exact) mass is 381 g/mol. The molecule has 2 heterocycles. The number of carbonyl (C=O) groups excluding carboxylic acids is 1. The van der Waals surface area contributed by atoms with Crippen LogP contribution in [0.4, 0.5) is 0 Å². The number of likely N-dealkylation sites (tertiary alicyclic amines) is 2. The Kier molecular flexibility index (Phi) is 6.29. The Labute approximate surface area is 155 Å². The second-order valence-electron chi connectivity index (χ2n) is 6.87. The van der Waals surface area contributed by atoms with Crippen molar-refractivity contribution in [1.82, 2.24) is 14.5 Å². The van der Waals surface area contributed by atoms with E-state index in [0.717, 1.165) is 19.5 Å². The van der Waals surface area contributed by atoms with E-state index in [1.54, 1.807) is 24.1 Å². The first kappa shape index (κ1) is 19.3. The Morgan fingerprint density at radius 2 is 2.04 bits per heavy atom. The van der Waals surface area contributed by atoms with Gasteiger partial charge in [-0.2, -0.15) is 0 Å².